The lowest BCUT2D eigenvalue weighted by Gasteiger charge is -2.23. The maximum Gasteiger partial charge on any atom is 0.264 e. The predicted molar refractivity (Wildman–Crippen MR) is 132 cm³/mol. The van der Waals surface area contributed by atoms with Gasteiger partial charge in [-0.25, -0.2) is 0 Å². The van der Waals surface area contributed by atoms with Crippen LogP contribution in [0.15, 0.2) is 91.0 Å². The molecule has 0 saturated heterocycles. The normalized spacial score (nSPS) is 17.8. The molecule has 1 aliphatic rings. The van der Waals surface area contributed by atoms with Gasteiger partial charge in [-0.2, -0.15) is 0 Å². The molecule has 1 amide bonds. The Kier molecular flexibility index (Phi) is 6.38. The summed E-state index contributed by atoms with van der Waals surface area (Å²) < 4.78 is 0. The summed E-state index contributed by atoms with van der Waals surface area (Å²) in [4.78, 5) is 27.7. The van der Waals surface area contributed by atoms with Crippen molar-refractivity contribution in [1.29, 1.82) is 0 Å². The van der Waals surface area contributed by atoms with Crippen LogP contribution < -0.4 is 4.90 Å². The number of hydrogen-bond donors (Lipinski definition) is 1. The highest BCUT2D eigenvalue weighted by molar-refractivity contribution is 6.09. The van der Waals surface area contributed by atoms with Gasteiger partial charge in [0.25, 0.3) is 5.91 Å². The Morgan fingerprint density at radius 2 is 1.70 bits per heavy atom. The molecular weight excluding hydrogens is 410 g/mol. The first-order valence-electron chi connectivity index (χ1n) is 11.0. The first-order valence-corrected chi connectivity index (χ1v) is 11.0. The maximum absolute atomic E-state index is 13.4. The molecule has 3 aromatic carbocycles. The first-order chi connectivity index (χ1) is 15.9. The van der Waals surface area contributed by atoms with Crippen molar-refractivity contribution >= 4 is 23.5 Å². The van der Waals surface area contributed by atoms with Crippen LogP contribution in [0.5, 0.6) is 0 Å². The van der Waals surface area contributed by atoms with E-state index in [-0.39, 0.29) is 12.2 Å². The summed E-state index contributed by atoms with van der Waals surface area (Å²) in [5, 5.41) is 11.4. The average Bonchev–Trinajstić information content (AvgIpc) is 3.01. The molecule has 1 heterocycles. The molecule has 0 radical (unpaired) electrons. The zero-order valence-electron chi connectivity index (χ0n) is 18.9. The van der Waals surface area contributed by atoms with E-state index >= 15 is 0 Å². The van der Waals surface area contributed by atoms with Crippen molar-refractivity contribution in [1.82, 2.24) is 0 Å². The van der Waals surface area contributed by atoms with Gasteiger partial charge in [-0.3, -0.25) is 9.59 Å². The van der Waals surface area contributed by atoms with Gasteiger partial charge in [-0.05, 0) is 42.7 Å². The molecule has 0 unspecified atom stereocenters. The van der Waals surface area contributed by atoms with E-state index in [4.69, 9.17) is 0 Å². The molecule has 1 atom stereocenters. The summed E-state index contributed by atoms with van der Waals surface area (Å²) in [6.45, 7) is 4.36. The molecule has 1 aliphatic heterocycles. The number of benzene rings is 3. The SMILES string of the molecule is Cc1ccc(C)c(CN2C(=O)[C@@](O)(CC(=O)/C=C/C=C/c3ccccc3)c3ccccc32)c1. The second kappa shape index (κ2) is 9.39. The summed E-state index contributed by atoms with van der Waals surface area (Å²) in [6.07, 6.45) is 6.40. The van der Waals surface area contributed by atoms with Crippen LogP contribution in [0.2, 0.25) is 0 Å². The molecular formula is C29H27NO3. The molecule has 0 bridgehead atoms. The highest BCUT2D eigenvalue weighted by Gasteiger charge is 2.50. The summed E-state index contributed by atoms with van der Waals surface area (Å²) in [7, 11) is 0. The minimum Gasteiger partial charge on any atom is -0.375 e. The number of aliphatic hydroxyl groups is 1. The van der Waals surface area contributed by atoms with Crippen LogP contribution in [-0.2, 0) is 21.7 Å². The third-order valence-electron chi connectivity index (χ3n) is 5.98. The van der Waals surface area contributed by atoms with Crippen LogP contribution in [0.4, 0.5) is 5.69 Å². The minimum absolute atomic E-state index is 0.304. The first kappa shape index (κ1) is 22.4. The van der Waals surface area contributed by atoms with Crippen molar-refractivity contribution in [2.45, 2.75) is 32.4 Å². The van der Waals surface area contributed by atoms with Crippen LogP contribution in [-0.4, -0.2) is 16.8 Å². The fraction of sp³-hybridized carbons (Fsp3) is 0.172. The summed E-state index contributed by atoms with van der Waals surface area (Å²) in [6, 6.07) is 23.0. The lowest BCUT2D eigenvalue weighted by molar-refractivity contribution is -0.140. The van der Waals surface area contributed by atoms with Crippen molar-refractivity contribution < 1.29 is 14.7 Å². The fourth-order valence-corrected chi connectivity index (χ4v) is 4.18. The number of allylic oxidation sites excluding steroid dienone is 3. The van der Waals surface area contributed by atoms with Gasteiger partial charge in [-0.1, -0.05) is 90.5 Å². The third kappa shape index (κ3) is 4.71. The van der Waals surface area contributed by atoms with Gasteiger partial charge in [0.15, 0.2) is 11.4 Å². The van der Waals surface area contributed by atoms with E-state index in [1.54, 1.807) is 29.2 Å². The molecule has 4 nitrogen and oxygen atoms in total. The number of anilines is 1. The number of aryl methyl sites for hydroxylation is 2. The van der Waals surface area contributed by atoms with Gasteiger partial charge in [0.05, 0.1) is 18.7 Å². The average molecular weight is 438 g/mol. The predicted octanol–water partition coefficient (Wildman–Crippen LogP) is 5.27. The largest absolute Gasteiger partial charge is 0.375 e. The fourth-order valence-electron chi connectivity index (χ4n) is 4.18. The Labute approximate surface area is 194 Å². The van der Waals surface area contributed by atoms with Gasteiger partial charge in [-0.15, -0.1) is 0 Å². The van der Waals surface area contributed by atoms with Crippen molar-refractivity contribution in [3.05, 3.63) is 119 Å². The number of rotatable bonds is 7. The molecule has 0 saturated carbocycles. The number of amides is 1. The zero-order chi connectivity index (χ0) is 23.4. The van der Waals surface area contributed by atoms with Crippen LogP contribution in [0.25, 0.3) is 6.08 Å². The minimum atomic E-state index is -1.88. The Morgan fingerprint density at radius 3 is 2.48 bits per heavy atom. The topological polar surface area (TPSA) is 57.6 Å². The van der Waals surface area contributed by atoms with Crippen LogP contribution in [0, 0.1) is 13.8 Å². The molecule has 4 rings (SSSR count). The van der Waals surface area contributed by atoms with E-state index in [0.717, 1.165) is 22.3 Å². The van der Waals surface area contributed by atoms with Gasteiger partial charge in [0.2, 0.25) is 0 Å². The maximum atomic E-state index is 13.4. The highest BCUT2D eigenvalue weighted by atomic mass is 16.3. The number of carbonyl (C=O) groups excluding carboxylic acids is 2. The van der Waals surface area contributed by atoms with E-state index in [9.17, 15) is 14.7 Å². The third-order valence-corrected chi connectivity index (χ3v) is 5.98. The van der Waals surface area contributed by atoms with Crippen molar-refractivity contribution in [3.8, 4) is 0 Å². The number of hydrogen-bond acceptors (Lipinski definition) is 3. The number of nitrogens with zero attached hydrogens (tertiary/aromatic N) is 1. The van der Waals surface area contributed by atoms with Gasteiger partial charge < -0.3 is 10.0 Å². The lowest BCUT2D eigenvalue weighted by atomic mass is 9.90. The number of fused-ring (bicyclic) bond motifs is 1. The van der Waals surface area contributed by atoms with Gasteiger partial charge in [0, 0.05) is 5.56 Å². The molecule has 166 valence electrons. The molecule has 0 aromatic heterocycles. The van der Waals surface area contributed by atoms with Crippen LogP contribution in [0.3, 0.4) is 0 Å². The standard InChI is InChI=1S/C29H27NO3/c1-21-16-17-22(2)24(18-21)20-30-27-15-9-8-14-26(27)29(33,28(30)32)19-25(31)13-7-6-12-23-10-4-3-5-11-23/h3-18,33H,19-20H2,1-2H3/b12-6+,13-7+/t29-/m1/s1. The molecule has 3 aromatic rings. The van der Waals surface area contributed by atoms with Crippen molar-refractivity contribution in [2.24, 2.45) is 0 Å². The highest BCUT2D eigenvalue weighted by Crippen LogP contribution is 2.43. The molecule has 0 aliphatic carbocycles. The quantitative estimate of drug-likeness (QED) is 0.405. The van der Waals surface area contributed by atoms with Crippen LogP contribution >= 0.6 is 0 Å². The second-order valence-corrected chi connectivity index (χ2v) is 8.47. The number of para-hydroxylation sites is 1. The van der Waals surface area contributed by atoms with Gasteiger partial charge >= 0.3 is 0 Å². The smallest absolute Gasteiger partial charge is 0.264 e. The molecule has 0 fully saturated rings. The number of carbonyl (C=O) groups is 2. The van der Waals surface area contributed by atoms with Gasteiger partial charge in [0.1, 0.15) is 0 Å². The van der Waals surface area contributed by atoms with E-state index < -0.39 is 11.5 Å². The van der Waals surface area contributed by atoms with Crippen LogP contribution in [0.1, 0.15) is 34.2 Å². The second-order valence-electron chi connectivity index (χ2n) is 8.47. The molecule has 4 heteroatoms. The van der Waals surface area contributed by atoms with E-state index in [1.807, 2.05) is 74.5 Å². The summed E-state index contributed by atoms with van der Waals surface area (Å²) in [5.74, 6) is -0.780. The zero-order valence-corrected chi connectivity index (χ0v) is 18.9. The lowest BCUT2D eigenvalue weighted by Crippen LogP contribution is -2.41. The summed E-state index contributed by atoms with van der Waals surface area (Å²) in [5.41, 5.74) is 3.46. The molecule has 1 N–H and O–H groups in total. The van der Waals surface area contributed by atoms with E-state index in [1.165, 1.54) is 6.08 Å². The van der Waals surface area contributed by atoms with Crippen molar-refractivity contribution in [2.75, 3.05) is 4.90 Å². The Balaban J connectivity index is 1.54. The summed E-state index contributed by atoms with van der Waals surface area (Å²) >= 11 is 0. The molecule has 0 spiro atoms. The Bertz CT molecular complexity index is 1240. The molecule has 33 heavy (non-hydrogen) atoms. The van der Waals surface area contributed by atoms with E-state index in [2.05, 4.69) is 6.07 Å². The van der Waals surface area contributed by atoms with E-state index in [0.29, 0.717) is 17.8 Å². The Hall–Kier alpha value is -3.76. The number of ketones is 1. The monoisotopic (exact) mass is 437 g/mol. The van der Waals surface area contributed by atoms with Crippen molar-refractivity contribution in [3.63, 3.8) is 0 Å². The Morgan fingerprint density at radius 1 is 0.970 bits per heavy atom.